The zero-order valence-corrected chi connectivity index (χ0v) is 10.4. The van der Waals surface area contributed by atoms with Crippen molar-refractivity contribution in [3.8, 4) is 6.07 Å². The smallest absolute Gasteiger partial charge is 0.228 e. The first-order valence-electron chi connectivity index (χ1n) is 4.98. The Hall–Kier alpha value is -1.87. The predicted octanol–water partition coefficient (Wildman–Crippen LogP) is 2.36. The molecule has 0 bridgehead atoms. The maximum atomic E-state index is 8.78. The Morgan fingerprint density at radius 3 is 3.00 bits per heavy atom. The number of benzene rings is 1. The summed E-state index contributed by atoms with van der Waals surface area (Å²) >= 11 is 3.33. The highest BCUT2D eigenvalue weighted by molar-refractivity contribution is 9.10. The van der Waals surface area contributed by atoms with E-state index in [1.165, 1.54) is 6.33 Å². The highest BCUT2D eigenvalue weighted by Gasteiger charge is 2.01. The van der Waals surface area contributed by atoms with Crippen LogP contribution in [0.3, 0.4) is 0 Å². The second-order valence-electron chi connectivity index (χ2n) is 3.32. The average molecular weight is 293 g/mol. The van der Waals surface area contributed by atoms with Crippen LogP contribution in [0.15, 0.2) is 33.5 Å². The van der Waals surface area contributed by atoms with Crippen molar-refractivity contribution < 1.29 is 4.52 Å². The number of rotatable bonds is 4. The lowest BCUT2D eigenvalue weighted by molar-refractivity contribution is 0.380. The van der Waals surface area contributed by atoms with Crippen LogP contribution >= 0.6 is 15.9 Å². The Balaban J connectivity index is 1.91. The molecule has 0 aliphatic heterocycles. The lowest BCUT2D eigenvalue weighted by Crippen LogP contribution is -2.05. The van der Waals surface area contributed by atoms with Crippen LogP contribution in [0.25, 0.3) is 0 Å². The summed E-state index contributed by atoms with van der Waals surface area (Å²) in [6, 6.07) is 7.58. The van der Waals surface area contributed by atoms with Gasteiger partial charge in [0.2, 0.25) is 5.89 Å². The number of nitrogens with zero attached hydrogens (tertiary/aromatic N) is 3. The Kier molecular flexibility index (Phi) is 3.73. The maximum absolute atomic E-state index is 8.78. The summed E-state index contributed by atoms with van der Waals surface area (Å²) in [7, 11) is 0. The summed E-state index contributed by atoms with van der Waals surface area (Å²) in [5.74, 6) is 0.602. The standard InChI is InChI=1S/C11H9BrN4O/c12-10-5-9(2-1-8(10)6-13)14-4-3-11-15-7-16-17-11/h1-2,5,7,14H,3-4H2. The summed E-state index contributed by atoms with van der Waals surface area (Å²) in [5.41, 5.74) is 1.56. The molecule has 6 heteroatoms. The minimum absolute atomic E-state index is 0.602. The van der Waals surface area contributed by atoms with Crippen molar-refractivity contribution >= 4 is 21.6 Å². The molecule has 2 aromatic rings. The molecule has 1 aromatic carbocycles. The molecule has 0 unspecified atom stereocenters. The normalized spacial score (nSPS) is 9.88. The number of nitrogens with one attached hydrogen (secondary N) is 1. The second-order valence-corrected chi connectivity index (χ2v) is 4.17. The lowest BCUT2D eigenvalue weighted by Gasteiger charge is -2.05. The van der Waals surface area contributed by atoms with Crippen molar-refractivity contribution in [3.63, 3.8) is 0 Å². The zero-order valence-electron chi connectivity index (χ0n) is 8.85. The van der Waals surface area contributed by atoms with Crippen molar-refractivity contribution in [1.82, 2.24) is 10.1 Å². The third kappa shape index (κ3) is 3.04. The molecule has 0 fully saturated rings. The van der Waals surface area contributed by atoms with Crippen molar-refractivity contribution in [2.75, 3.05) is 11.9 Å². The third-order valence-corrected chi connectivity index (χ3v) is 2.82. The fourth-order valence-electron chi connectivity index (χ4n) is 1.34. The van der Waals surface area contributed by atoms with Crippen molar-refractivity contribution in [2.24, 2.45) is 0 Å². The van der Waals surface area contributed by atoms with Gasteiger partial charge >= 0.3 is 0 Å². The maximum Gasteiger partial charge on any atom is 0.228 e. The number of halogens is 1. The Bertz CT molecular complexity index is 533. The van der Waals surface area contributed by atoms with Crippen LogP contribution in [0.5, 0.6) is 0 Å². The van der Waals surface area contributed by atoms with Gasteiger partial charge in [-0.05, 0) is 34.1 Å². The van der Waals surface area contributed by atoms with Gasteiger partial charge in [0, 0.05) is 23.1 Å². The van der Waals surface area contributed by atoms with E-state index in [0.717, 1.165) is 10.2 Å². The molecule has 0 aliphatic rings. The molecule has 5 nitrogen and oxygen atoms in total. The number of nitriles is 1. The molecular weight excluding hydrogens is 284 g/mol. The van der Waals surface area contributed by atoms with Crippen LogP contribution < -0.4 is 5.32 Å². The highest BCUT2D eigenvalue weighted by atomic mass is 79.9. The number of hydrogen-bond donors (Lipinski definition) is 1. The van der Waals surface area contributed by atoms with E-state index in [1.807, 2.05) is 12.1 Å². The Morgan fingerprint density at radius 1 is 1.47 bits per heavy atom. The van der Waals surface area contributed by atoms with E-state index >= 15 is 0 Å². The van der Waals surface area contributed by atoms with E-state index in [1.54, 1.807) is 6.07 Å². The average Bonchev–Trinajstić information content (AvgIpc) is 2.82. The number of hydrogen-bond acceptors (Lipinski definition) is 5. The van der Waals surface area contributed by atoms with E-state index < -0.39 is 0 Å². The van der Waals surface area contributed by atoms with Crippen LogP contribution in [-0.2, 0) is 6.42 Å². The quantitative estimate of drug-likeness (QED) is 0.936. The van der Waals surface area contributed by atoms with Crippen LogP contribution in [-0.4, -0.2) is 16.7 Å². The van der Waals surface area contributed by atoms with E-state index in [2.05, 4.69) is 37.5 Å². The highest BCUT2D eigenvalue weighted by Crippen LogP contribution is 2.20. The van der Waals surface area contributed by atoms with Gasteiger partial charge in [0.15, 0.2) is 6.33 Å². The zero-order chi connectivity index (χ0) is 12.1. The van der Waals surface area contributed by atoms with Crippen molar-refractivity contribution in [1.29, 1.82) is 5.26 Å². The topological polar surface area (TPSA) is 74.7 Å². The number of anilines is 1. The summed E-state index contributed by atoms with van der Waals surface area (Å²) in [4.78, 5) is 3.92. The SMILES string of the molecule is N#Cc1ccc(NCCc2ncno2)cc1Br. The van der Waals surface area contributed by atoms with Gasteiger partial charge in [0.25, 0.3) is 0 Å². The van der Waals surface area contributed by atoms with Gasteiger partial charge in [-0.1, -0.05) is 5.16 Å². The monoisotopic (exact) mass is 292 g/mol. The minimum atomic E-state index is 0.602. The summed E-state index contributed by atoms with van der Waals surface area (Å²) in [6.45, 7) is 0.695. The van der Waals surface area contributed by atoms with Crippen molar-refractivity contribution in [2.45, 2.75) is 6.42 Å². The second kappa shape index (κ2) is 5.46. The van der Waals surface area contributed by atoms with E-state index in [4.69, 9.17) is 9.78 Å². The summed E-state index contributed by atoms with van der Waals surface area (Å²) < 4.78 is 5.66. The van der Waals surface area contributed by atoms with E-state index in [9.17, 15) is 0 Å². The van der Waals surface area contributed by atoms with E-state index in [-0.39, 0.29) is 0 Å². The fraction of sp³-hybridized carbons (Fsp3) is 0.182. The molecule has 0 saturated carbocycles. The molecule has 1 N–H and O–H groups in total. The third-order valence-electron chi connectivity index (χ3n) is 2.16. The fourth-order valence-corrected chi connectivity index (χ4v) is 1.80. The molecular formula is C11H9BrN4O. The first kappa shape index (κ1) is 11.6. The summed E-state index contributed by atoms with van der Waals surface area (Å²) in [5, 5.41) is 15.5. The van der Waals surface area contributed by atoms with Crippen LogP contribution in [0.4, 0.5) is 5.69 Å². The molecule has 0 amide bonds. The molecule has 0 atom stereocenters. The lowest BCUT2D eigenvalue weighted by atomic mass is 10.2. The Morgan fingerprint density at radius 2 is 2.35 bits per heavy atom. The van der Waals surface area contributed by atoms with Gasteiger partial charge in [-0.2, -0.15) is 10.2 Å². The van der Waals surface area contributed by atoms with Gasteiger partial charge in [0.05, 0.1) is 5.56 Å². The van der Waals surface area contributed by atoms with Gasteiger partial charge in [-0.3, -0.25) is 0 Å². The van der Waals surface area contributed by atoms with E-state index in [0.29, 0.717) is 24.4 Å². The van der Waals surface area contributed by atoms with Crippen LogP contribution in [0, 0.1) is 11.3 Å². The van der Waals surface area contributed by atoms with Gasteiger partial charge in [-0.25, -0.2) is 0 Å². The molecule has 17 heavy (non-hydrogen) atoms. The van der Waals surface area contributed by atoms with Crippen LogP contribution in [0.1, 0.15) is 11.5 Å². The van der Waals surface area contributed by atoms with Gasteiger partial charge in [0.1, 0.15) is 6.07 Å². The Labute approximate surface area is 107 Å². The van der Waals surface area contributed by atoms with Crippen LogP contribution in [0.2, 0.25) is 0 Å². The molecule has 86 valence electrons. The molecule has 1 aromatic heterocycles. The molecule has 0 radical (unpaired) electrons. The first-order valence-corrected chi connectivity index (χ1v) is 5.78. The molecule has 2 rings (SSSR count). The molecule has 0 saturated heterocycles. The molecule has 1 heterocycles. The number of aromatic nitrogens is 2. The minimum Gasteiger partial charge on any atom is -0.384 e. The largest absolute Gasteiger partial charge is 0.384 e. The molecule has 0 spiro atoms. The first-order chi connectivity index (χ1) is 8.29. The van der Waals surface area contributed by atoms with Gasteiger partial charge in [-0.15, -0.1) is 0 Å². The van der Waals surface area contributed by atoms with Gasteiger partial charge < -0.3 is 9.84 Å². The predicted molar refractivity (Wildman–Crippen MR) is 65.3 cm³/mol. The molecule has 0 aliphatic carbocycles. The summed E-state index contributed by atoms with van der Waals surface area (Å²) in [6.07, 6.45) is 2.05. The van der Waals surface area contributed by atoms with Crippen molar-refractivity contribution in [3.05, 3.63) is 40.5 Å².